The van der Waals surface area contributed by atoms with Gasteiger partial charge in [-0.3, -0.25) is 13.8 Å². The molecule has 9 nitrogen and oxygen atoms in total. The predicted octanol–water partition coefficient (Wildman–Crippen LogP) is 11.9. The number of aliphatic hydroxyl groups is 2. The number of carbonyl (C=O) groups excluding carboxylic acids is 1. The molecule has 3 atom stereocenters. The third-order valence-corrected chi connectivity index (χ3v) is 9.55. The summed E-state index contributed by atoms with van der Waals surface area (Å²) < 4.78 is 33.3. The predicted molar refractivity (Wildman–Crippen MR) is 232 cm³/mol. The summed E-state index contributed by atoms with van der Waals surface area (Å²) in [5, 5.41) is 18.3. The van der Waals surface area contributed by atoms with Crippen LogP contribution in [0.1, 0.15) is 155 Å². The van der Waals surface area contributed by atoms with E-state index >= 15 is 0 Å². The van der Waals surface area contributed by atoms with Gasteiger partial charge in [-0.15, -0.1) is 0 Å². The molecule has 10 heteroatoms. The van der Waals surface area contributed by atoms with E-state index in [9.17, 15) is 19.4 Å². The summed E-state index contributed by atoms with van der Waals surface area (Å²) in [7, 11) is -4.53. The van der Waals surface area contributed by atoms with E-state index in [1.54, 1.807) is 0 Å². The minimum Gasteiger partial charge on any atom is -0.457 e. The third kappa shape index (κ3) is 41.3. The lowest BCUT2D eigenvalue weighted by molar-refractivity contribution is -0.154. The van der Waals surface area contributed by atoms with E-state index in [0.29, 0.717) is 6.61 Å². The average Bonchev–Trinajstić information content (AvgIpc) is 3.19. The van der Waals surface area contributed by atoms with E-state index in [1.807, 2.05) is 0 Å². The maximum atomic E-state index is 12.6. The van der Waals surface area contributed by atoms with Gasteiger partial charge in [-0.25, -0.2) is 4.57 Å². The van der Waals surface area contributed by atoms with Crippen molar-refractivity contribution >= 4 is 13.8 Å². The quantitative estimate of drug-likeness (QED) is 0.0240. The summed E-state index contributed by atoms with van der Waals surface area (Å²) in [6.07, 6.45) is 51.2. The van der Waals surface area contributed by atoms with Crippen molar-refractivity contribution in [1.82, 2.24) is 0 Å². The molecule has 56 heavy (non-hydrogen) atoms. The van der Waals surface area contributed by atoms with Gasteiger partial charge in [0.2, 0.25) is 0 Å². The highest BCUT2D eigenvalue weighted by atomic mass is 31.2. The minimum atomic E-state index is -4.53. The van der Waals surface area contributed by atoms with Crippen molar-refractivity contribution in [2.24, 2.45) is 0 Å². The number of aliphatic hydroxyl groups excluding tert-OH is 2. The topological polar surface area (TPSA) is 132 Å². The molecule has 3 unspecified atom stereocenters. The molecule has 322 valence electrons. The first-order valence-corrected chi connectivity index (χ1v) is 23.1. The Labute approximate surface area is 341 Å². The largest absolute Gasteiger partial charge is 0.472 e. The molecule has 0 amide bonds. The second kappa shape index (κ2) is 42.3. The number of carbonyl (C=O) groups is 1. The lowest BCUT2D eigenvalue weighted by atomic mass is 10.1. The highest BCUT2D eigenvalue weighted by Gasteiger charge is 2.26. The number of allylic oxidation sites excluding steroid dienone is 14. The van der Waals surface area contributed by atoms with Crippen LogP contribution in [0.4, 0.5) is 0 Å². The molecule has 0 aromatic heterocycles. The van der Waals surface area contributed by atoms with Gasteiger partial charge in [0, 0.05) is 13.0 Å². The molecule has 0 radical (unpaired) electrons. The highest BCUT2D eigenvalue weighted by molar-refractivity contribution is 7.47. The zero-order valence-electron chi connectivity index (χ0n) is 35.1. The Hall–Kier alpha value is -2.36. The Balaban J connectivity index is 4.24. The molecule has 0 fully saturated rings. The number of rotatable bonds is 40. The number of hydrogen-bond donors (Lipinski definition) is 3. The van der Waals surface area contributed by atoms with Crippen LogP contribution in [-0.2, 0) is 27.9 Å². The first-order valence-electron chi connectivity index (χ1n) is 21.6. The molecule has 0 aliphatic rings. The van der Waals surface area contributed by atoms with E-state index in [4.69, 9.17) is 23.6 Å². The van der Waals surface area contributed by atoms with E-state index in [0.717, 1.165) is 83.5 Å². The number of esters is 1. The van der Waals surface area contributed by atoms with Crippen molar-refractivity contribution in [3.63, 3.8) is 0 Å². The second-order valence-corrected chi connectivity index (χ2v) is 15.4. The van der Waals surface area contributed by atoms with Crippen LogP contribution >= 0.6 is 7.82 Å². The lowest BCUT2D eigenvalue weighted by Crippen LogP contribution is -2.29. The van der Waals surface area contributed by atoms with Gasteiger partial charge in [-0.05, 0) is 70.6 Å². The normalized spacial score (nSPS) is 14.9. The summed E-state index contributed by atoms with van der Waals surface area (Å²) in [5.41, 5.74) is 0. The Bertz CT molecular complexity index is 1140. The molecule has 0 heterocycles. The van der Waals surface area contributed by atoms with Crippen molar-refractivity contribution in [1.29, 1.82) is 0 Å². The van der Waals surface area contributed by atoms with Crippen LogP contribution in [-0.4, -0.2) is 66.3 Å². The van der Waals surface area contributed by atoms with Crippen molar-refractivity contribution in [2.45, 2.75) is 167 Å². The molecular weight excluding hydrogens is 727 g/mol. The van der Waals surface area contributed by atoms with E-state index in [1.165, 1.54) is 51.4 Å². The third-order valence-electron chi connectivity index (χ3n) is 8.60. The molecule has 0 saturated carbocycles. The molecule has 0 saturated heterocycles. The zero-order chi connectivity index (χ0) is 41.1. The van der Waals surface area contributed by atoms with Gasteiger partial charge in [-0.2, -0.15) is 0 Å². The van der Waals surface area contributed by atoms with Crippen LogP contribution in [0.15, 0.2) is 85.1 Å². The van der Waals surface area contributed by atoms with E-state index < -0.39 is 45.8 Å². The fourth-order valence-corrected chi connectivity index (χ4v) is 6.12. The number of ether oxygens (including phenoxy) is 2. The second-order valence-electron chi connectivity index (χ2n) is 14.0. The maximum absolute atomic E-state index is 12.6. The van der Waals surface area contributed by atoms with Crippen LogP contribution in [0.25, 0.3) is 0 Å². The Morgan fingerprint density at radius 1 is 0.571 bits per heavy atom. The SMILES string of the molecule is CC/C=C\C/C=C\C/C=C\C/C=C\C/C=C\C/C=C\C/C=C\CCCCOCC(COP(=O)(O)OCC(O)CO)OC(=O)CCCCCCCCCCCCC. The van der Waals surface area contributed by atoms with Crippen LogP contribution in [0.5, 0.6) is 0 Å². The number of unbranched alkanes of at least 4 members (excludes halogenated alkanes) is 12. The summed E-state index contributed by atoms with van der Waals surface area (Å²) >= 11 is 0. The molecule has 0 rings (SSSR count). The number of phosphoric ester groups is 1. The van der Waals surface area contributed by atoms with Crippen molar-refractivity contribution in [3.8, 4) is 0 Å². The minimum absolute atomic E-state index is 0.0157. The standard InChI is InChI=1S/C46H79O9P/c1-3-5-7-9-11-13-15-16-17-18-19-20-21-22-23-24-25-26-27-29-31-33-35-37-39-52-42-45(43-54-56(50,51)53-41-44(48)40-47)55-46(49)38-36-34-32-30-28-14-12-10-8-6-4-2/h5,7,11,13,16-17,19-20,22-23,25-26,29,31,44-45,47-48H,3-4,6,8-10,12,14-15,18,21,24,27-28,30,32-43H2,1-2H3,(H,50,51)/b7-5-,13-11-,17-16-,20-19-,23-22-,26-25-,31-29-. The molecule has 3 N–H and O–H groups in total. The van der Waals surface area contributed by atoms with Gasteiger partial charge < -0.3 is 24.6 Å². The molecule has 0 aromatic carbocycles. The molecule has 0 aromatic rings. The van der Waals surface area contributed by atoms with Gasteiger partial charge in [-0.1, -0.05) is 163 Å². The van der Waals surface area contributed by atoms with Crippen molar-refractivity contribution in [3.05, 3.63) is 85.1 Å². The fraction of sp³-hybridized carbons (Fsp3) is 0.674. The van der Waals surface area contributed by atoms with Gasteiger partial charge in [0.1, 0.15) is 12.2 Å². The van der Waals surface area contributed by atoms with Gasteiger partial charge in [0.25, 0.3) is 0 Å². The maximum Gasteiger partial charge on any atom is 0.472 e. The Kier molecular flexibility index (Phi) is 40.5. The summed E-state index contributed by atoms with van der Waals surface area (Å²) in [4.78, 5) is 22.5. The number of hydrogen-bond acceptors (Lipinski definition) is 8. The van der Waals surface area contributed by atoms with Crippen LogP contribution in [0, 0.1) is 0 Å². The Morgan fingerprint density at radius 2 is 1.02 bits per heavy atom. The van der Waals surface area contributed by atoms with Crippen LogP contribution in [0.3, 0.4) is 0 Å². The van der Waals surface area contributed by atoms with Crippen molar-refractivity contribution in [2.75, 3.05) is 33.0 Å². The fourth-order valence-electron chi connectivity index (χ4n) is 5.33. The smallest absolute Gasteiger partial charge is 0.457 e. The van der Waals surface area contributed by atoms with Gasteiger partial charge >= 0.3 is 13.8 Å². The summed E-state index contributed by atoms with van der Waals surface area (Å²) in [6, 6.07) is 0. The lowest BCUT2D eigenvalue weighted by Gasteiger charge is -2.20. The molecular formula is C46H79O9P. The van der Waals surface area contributed by atoms with Crippen LogP contribution < -0.4 is 0 Å². The number of phosphoric acid groups is 1. The van der Waals surface area contributed by atoms with E-state index in [2.05, 4.69) is 98.9 Å². The summed E-state index contributed by atoms with van der Waals surface area (Å²) in [5.74, 6) is -0.403. The molecule has 0 aliphatic carbocycles. The van der Waals surface area contributed by atoms with Gasteiger partial charge in [0.15, 0.2) is 0 Å². The van der Waals surface area contributed by atoms with Crippen LogP contribution in [0.2, 0.25) is 0 Å². The zero-order valence-corrected chi connectivity index (χ0v) is 36.0. The first-order chi connectivity index (χ1) is 27.3. The highest BCUT2D eigenvalue weighted by Crippen LogP contribution is 2.43. The monoisotopic (exact) mass is 807 g/mol. The Morgan fingerprint density at radius 3 is 1.50 bits per heavy atom. The molecule has 0 bridgehead atoms. The van der Waals surface area contributed by atoms with Gasteiger partial charge in [0.05, 0.1) is 26.4 Å². The van der Waals surface area contributed by atoms with E-state index in [-0.39, 0.29) is 13.0 Å². The summed E-state index contributed by atoms with van der Waals surface area (Å²) in [6.45, 7) is 3.26. The molecule has 0 aliphatic heterocycles. The molecule has 0 spiro atoms. The first kappa shape index (κ1) is 53.6. The van der Waals surface area contributed by atoms with Crippen molar-refractivity contribution < 1.29 is 43.0 Å². The average molecular weight is 807 g/mol.